The Morgan fingerprint density at radius 3 is 2.62 bits per heavy atom. The zero-order valence-corrected chi connectivity index (χ0v) is 15.6. The number of nitrogens with zero attached hydrogens (tertiary/aromatic N) is 1. The number of ether oxygens (including phenoxy) is 2. The summed E-state index contributed by atoms with van der Waals surface area (Å²) in [4.78, 5) is 26.4. The molecule has 0 aliphatic carbocycles. The van der Waals surface area contributed by atoms with E-state index in [1.165, 1.54) is 6.92 Å². The van der Waals surface area contributed by atoms with E-state index in [9.17, 15) is 14.9 Å². The summed E-state index contributed by atoms with van der Waals surface area (Å²) in [6.45, 7) is 1.53. The van der Waals surface area contributed by atoms with E-state index in [2.05, 4.69) is 5.32 Å². The minimum atomic E-state index is -1.72. The molecule has 0 radical (unpaired) electrons. The van der Waals surface area contributed by atoms with Crippen molar-refractivity contribution >= 4 is 17.6 Å². The van der Waals surface area contributed by atoms with Gasteiger partial charge < -0.3 is 20.5 Å². The molecule has 7 heteroatoms. The van der Waals surface area contributed by atoms with Crippen molar-refractivity contribution in [3.63, 3.8) is 0 Å². The first-order valence-electron chi connectivity index (χ1n) is 8.91. The lowest BCUT2D eigenvalue weighted by molar-refractivity contribution is -0.142. The van der Waals surface area contributed by atoms with Crippen molar-refractivity contribution in [1.29, 1.82) is 5.26 Å². The number of nitrogens with one attached hydrogen (secondary N) is 1. The zero-order chi connectivity index (χ0) is 20.6. The van der Waals surface area contributed by atoms with Gasteiger partial charge in [0.25, 0.3) is 0 Å². The zero-order valence-electron chi connectivity index (χ0n) is 15.6. The van der Waals surface area contributed by atoms with E-state index in [-0.39, 0.29) is 29.4 Å². The maximum absolute atomic E-state index is 13.2. The first kappa shape index (κ1) is 18.3. The molecule has 1 spiro atoms. The van der Waals surface area contributed by atoms with Gasteiger partial charge in [-0.2, -0.15) is 5.26 Å². The number of rotatable bonds is 3. The van der Waals surface area contributed by atoms with Crippen LogP contribution in [0.2, 0.25) is 0 Å². The minimum absolute atomic E-state index is 0.0108. The summed E-state index contributed by atoms with van der Waals surface area (Å²) in [6, 6.07) is 18.0. The third-order valence-corrected chi connectivity index (χ3v) is 5.06. The van der Waals surface area contributed by atoms with E-state index in [1.807, 2.05) is 36.4 Å². The third kappa shape index (κ3) is 2.65. The quantitative estimate of drug-likeness (QED) is 0.783. The monoisotopic (exact) mass is 387 g/mol. The number of hydrogen-bond donors (Lipinski definition) is 2. The van der Waals surface area contributed by atoms with Gasteiger partial charge in [-0.1, -0.05) is 48.5 Å². The summed E-state index contributed by atoms with van der Waals surface area (Å²) < 4.78 is 10.9. The molecular formula is C22H17N3O4. The molecule has 0 aromatic heterocycles. The standard InChI is InChI=1S/C22H17N3O4/c1-13-18(20(26)28-12-14-7-3-2-4-8-14)22(16(11-23)19(24)29-13)15-9-5-6-10-17(15)25-21(22)27/h2-10H,12,24H2,1H3,(H,25,27)/t22-/m1/s1. The number of nitriles is 1. The average molecular weight is 387 g/mol. The van der Waals surface area contributed by atoms with Gasteiger partial charge >= 0.3 is 5.97 Å². The molecule has 4 rings (SSSR count). The van der Waals surface area contributed by atoms with Gasteiger partial charge in [0.2, 0.25) is 11.8 Å². The molecule has 2 aromatic carbocycles. The number of carbonyl (C=O) groups is 2. The Hall–Kier alpha value is -4.05. The van der Waals surface area contributed by atoms with Crippen molar-refractivity contribution in [2.75, 3.05) is 5.32 Å². The number of nitrogens with two attached hydrogens (primary N) is 1. The Morgan fingerprint density at radius 1 is 1.21 bits per heavy atom. The van der Waals surface area contributed by atoms with Gasteiger partial charge in [0.1, 0.15) is 29.6 Å². The molecule has 7 nitrogen and oxygen atoms in total. The predicted molar refractivity (Wildman–Crippen MR) is 104 cm³/mol. The van der Waals surface area contributed by atoms with Crippen molar-refractivity contribution in [3.8, 4) is 6.07 Å². The lowest BCUT2D eigenvalue weighted by Gasteiger charge is -2.33. The Bertz CT molecular complexity index is 1130. The Labute approximate surface area is 167 Å². The molecule has 2 heterocycles. The van der Waals surface area contributed by atoms with Crippen LogP contribution in [0.4, 0.5) is 5.69 Å². The Kier molecular flexibility index (Phi) is 4.32. The number of carbonyl (C=O) groups excluding carboxylic acids is 2. The number of para-hydroxylation sites is 1. The summed E-state index contributed by atoms with van der Waals surface area (Å²) >= 11 is 0. The third-order valence-electron chi connectivity index (χ3n) is 5.06. The summed E-state index contributed by atoms with van der Waals surface area (Å²) in [6.07, 6.45) is 0. The lowest BCUT2D eigenvalue weighted by atomic mass is 9.68. The first-order chi connectivity index (χ1) is 14.0. The van der Waals surface area contributed by atoms with Gasteiger partial charge in [-0.3, -0.25) is 4.79 Å². The fourth-order valence-corrected chi connectivity index (χ4v) is 3.83. The molecule has 1 amide bonds. The van der Waals surface area contributed by atoms with Crippen LogP contribution >= 0.6 is 0 Å². The van der Waals surface area contributed by atoms with Crippen molar-refractivity contribution in [1.82, 2.24) is 0 Å². The van der Waals surface area contributed by atoms with Gasteiger partial charge in [-0.15, -0.1) is 0 Å². The van der Waals surface area contributed by atoms with Crippen LogP contribution < -0.4 is 11.1 Å². The van der Waals surface area contributed by atoms with E-state index in [0.717, 1.165) is 5.56 Å². The van der Waals surface area contributed by atoms with Crippen LogP contribution in [0, 0.1) is 11.3 Å². The highest BCUT2D eigenvalue weighted by molar-refractivity contribution is 6.17. The number of anilines is 1. The molecule has 2 aliphatic rings. The van der Waals surface area contributed by atoms with Crippen LogP contribution in [0.3, 0.4) is 0 Å². The molecule has 1 atom stereocenters. The second-order valence-corrected chi connectivity index (χ2v) is 6.70. The van der Waals surface area contributed by atoms with Gasteiger partial charge in [-0.25, -0.2) is 4.79 Å². The molecule has 2 aromatic rings. The molecule has 144 valence electrons. The SMILES string of the molecule is CC1=C(C(=O)OCc2ccccc2)[C@]2(C(=O)Nc3ccccc32)C(C#N)=C(N)O1. The molecule has 3 N–H and O–H groups in total. The highest BCUT2D eigenvalue weighted by Gasteiger charge is 2.59. The summed E-state index contributed by atoms with van der Waals surface area (Å²) in [5, 5.41) is 12.5. The Balaban J connectivity index is 1.84. The predicted octanol–water partition coefficient (Wildman–Crippen LogP) is 2.62. The molecule has 0 bridgehead atoms. The first-order valence-corrected chi connectivity index (χ1v) is 8.91. The molecular weight excluding hydrogens is 370 g/mol. The van der Waals surface area contributed by atoms with Gasteiger partial charge in [0.15, 0.2) is 5.41 Å². The number of amides is 1. The van der Waals surface area contributed by atoms with Gasteiger partial charge in [-0.05, 0) is 18.6 Å². The maximum Gasteiger partial charge on any atom is 0.339 e. The van der Waals surface area contributed by atoms with E-state index in [4.69, 9.17) is 15.2 Å². The number of allylic oxidation sites excluding steroid dienone is 1. The van der Waals surface area contributed by atoms with Crippen LogP contribution in [0.1, 0.15) is 18.1 Å². The largest absolute Gasteiger partial charge is 0.457 e. The number of benzene rings is 2. The second-order valence-electron chi connectivity index (χ2n) is 6.70. The molecule has 2 aliphatic heterocycles. The average Bonchev–Trinajstić information content (AvgIpc) is 2.99. The Morgan fingerprint density at radius 2 is 1.90 bits per heavy atom. The lowest BCUT2D eigenvalue weighted by Crippen LogP contribution is -2.45. The number of esters is 1. The van der Waals surface area contributed by atoms with Crippen LogP contribution in [0.25, 0.3) is 0 Å². The van der Waals surface area contributed by atoms with Gasteiger partial charge in [0, 0.05) is 11.3 Å². The summed E-state index contributed by atoms with van der Waals surface area (Å²) in [5.41, 5.74) is 5.78. The summed E-state index contributed by atoms with van der Waals surface area (Å²) in [5.74, 6) is -1.39. The summed E-state index contributed by atoms with van der Waals surface area (Å²) in [7, 11) is 0. The molecule has 29 heavy (non-hydrogen) atoms. The number of fused-ring (bicyclic) bond motifs is 2. The van der Waals surface area contributed by atoms with E-state index >= 15 is 0 Å². The van der Waals surface area contributed by atoms with Crippen molar-refractivity contribution < 1.29 is 19.1 Å². The minimum Gasteiger partial charge on any atom is -0.457 e. The maximum atomic E-state index is 13.2. The topological polar surface area (TPSA) is 114 Å². The number of hydrogen-bond acceptors (Lipinski definition) is 6. The molecule has 0 fully saturated rings. The van der Waals surface area contributed by atoms with Gasteiger partial charge in [0.05, 0.1) is 0 Å². The highest BCUT2D eigenvalue weighted by atomic mass is 16.5. The van der Waals surface area contributed by atoms with E-state index in [1.54, 1.807) is 24.3 Å². The molecule has 0 saturated carbocycles. The molecule has 0 unspecified atom stereocenters. The van der Waals surface area contributed by atoms with Crippen LogP contribution in [0.5, 0.6) is 0 Å². The van der Waals surface area contributed by atoms with Crippen LogP contribution in [-0.4, -0.2) is 11.9 Å². The fourth-order valence-electron chi connectivity index (χ4n) is 3.83. The van der Waals surface area contributed by atoms with Crippen molar-refractivity contribution in [2.24, 2.45) is 5.73 Å². The highest BCUT2D eigenvalue weighted by Crippen LogP contribution is 2.51. The van der Waals surface area contributed by atoms with E-state index in [0.29, 0.717) is 11.3 Å². The van der Waals surface area contributed by atoms with Crippen molar-refractivity contribution in [2.45, 2.75) is 18.9 Å². The molecule has 0 saturated heterocycles. The van der Waals surface area contributed by atoms with Crippen LogP contribution in [0.15, 0.2) is 77.4 Å². The smallest absolute Gasteiger partial charge is 0.339 e. The van der Waals surface area contributed by atoms with Crippen LogP contribution in [-0.2, 0) is 31.1 Å². The van der Waals surface area contributed by atoms with E-state index < -0.39 is 17.3 Å². The second kappa shape index (κ2) is 6.84. The normalized spacial score (nSPS) is 20.1. The fraction of sp³-hybridized carbons (Fsp3) is 0.136. The van der Waals surface area contributed by atoms with Crippen molar-refractivity contribution in [3.05, 3.63) is 88.5 Å².